The molecule has 1 heterocycles. The van der Waals surface area contributed by atoms with Crippen LogP contribution in [0.3, 0.4) is 0 Å². The third-order valence-electron chi connectivity index (χ3n) is 4.03. The van der Waals surface area contributed by atoms with Crippen molar-refractivity contribution in [2.24, 2.45) is 0 Å². The van der Waals surface area contributed by atoms with Gasteiger partial charge in [0.05, 0.1) is 23.7 Å². The highest BCUT2D eigenvalue weighted by molar-refractivity contribution is 7.89. The first kappa shape index (κ1) is 19.3. The smallest absolute Gasteiger partial charge is 0.338 e. The van der Waals surface area contributed by atoms with E-state index < -0.39 is 16.0 Å². The molecule has 1 saturated heterocycles. The average Bonchev–Trinajstić information content (AvgIpc) is 2.72. The summed E-state index contributed by atoms with van der Waals surface area (Å²) in [5, 5.41) is 0. The molecule has 27 heavy (non-hydrogen) atoms. The summed E-state index contributed by atoms with van der Waals surface area (Å²) >= 11 is 0. The van der Waals surface area contributed by atoms with Crippen LogP contribution in [0.2, 0.25) is 0 Å². The Morgan fingerprint density at radius 3 is 2.30 bits per heavy atom. The summed E-state index contributed by atoms with van der Waals surface area (Å²) in [4.78, 5) is 12.2. The molecule has 2 aromatic rings. The topological polar surface area (TPSA) is 82.1 Å². The Labute approximate surface area is 158 Å². The highest BCUT2D eigenvalue weighted by atomic mass is 32.2. The van der Waals surface area contributed by atoms with E-state index in [9.17, 15) is 13.2 Å². The third kappa shape index (κ3) is 5.06. The van der Waals surface area contributed by atoms with Gasteiger partial charge in [0.25, 0.3) is 0 Å². The van der Waals surface area contributed by atoms with E-state index in [-0.39, 0.29) is 23.7 Å². The average molecular weight is 391 g/mol. The van der Waals surface area contributed by atoms with Gasteiger partial charge < -0.3 is 14.2 Å². The molecule has 1 aliphatic rings. The molecule has 0 amide bonds. The maximum atomic E-state index is 12.6. The Bertz CT molecular complexity index is 846. The number of nitrogens with zero attached hydrogens (tertiary/aromatic N) is 1. The molecule has 144 valence electrons. The number of ether oxygens (including phenoxy) is 3. The van der Waals surface area contributed by atoms with Gasteiger partial charge in [0.2, 0.25) is 10.0 Å². The van der Waals surface area contributed by atoms with E-state index in [2.05, 4.69) is 0 Å². The van der Waals surface area contributed by atoms with Crippen LogP contribution in [0.25, 0.3) is 0 Å². The standard InChI is InChI=1S/C19H21NO6S/c21-19(26-15-14-25-17-4-2-1-3-5-17)16-6-8-18(9-7-16)27(22,23)20-10-12-24-13-11-20/h1-9H,10-15H2. The van der Waals surface area contributed by atoms with Gasteiger partial charge in [-0.05, 0) is 36.4 Å². The van der Waals surface area contributed by atoms with Gasteiger partial charge in [0.1, 0.15) is 19.0 Å². The highest BCUT2D eigenvalue weighted by Crippen LogP contribution is 2.18. The number of para-hydroxylation sites is 1. The van der Waals surface area contributed by atoms with Crippen LogP contribution in [0.1, 0.15) is 10.4 Å². The number of rotatable bonds is 7. The largest absolute Gasteiger partial charge is 0.490 e. The maximum absolute atomic E-state index is 12.6. The molecule has 3 rings (SSSR count). The van der Waals surface area contributed by atoms with Gasteiger partial charge in [-0.15, -0.1) is 0 Å². The number of benzene rings is 2. The van der Waals surface area contributed by atoms with Crippen LogP contribution >= 0.6 is 0 Å². The molecular weight excluding hydrogens is 370 g/mol. The van der Waals surface area contributed by atoms with E-state index in [0.29, 0.717) is 32.1 Å². The van der Waals surface area contributed by atoms with E-state index >= 15 is 0 Å². The monoisotopic (exact) mass is 391 g/mol. The summed E-state index contributed by atoms with van der Waals surface area (Å²) in [6, 6.07) is 15.0. The molecule has 0 atom stereocenters. The summed E-state index contributed by atoms with van der Waals surface area (Å²) in [7, 11) is -3.57. The normalized spacial score (nSPS) is 15.3. The van der Waals surface area contributed by atoms with Crippen molar-refractivity contribution in [2.75, 3.05) is 39.5 Å². The molecule has 0 aromatic heterocycles. The minimum atomic E-state index is -3.57. The van der Waals surface area contributed by atoms with Crippen molar-refractivity contribution in [1.29, 1.82) is 0 Å². The van der Waals surface area contributed by atoms with Crippen LogP contribution in [0.4, 0.5) is 0 Å². The van der Waals surface area contributed by atoms with Crippen molar-refractivity contribution in [1.82, 2.24) is 4.31 Å². The molecule has 0 N–H and O–H groups in total. The molecule has 0 radical (unpaired) electrons. The van der Waals surface area contributed by atoms with Crippen molar-refractivity contribution in [3.63, 3.8) is 0 Å². The number of hydrogen-bond acceptors (Lipinski definition) is 6. The SMILES string of the molecule is O=C(OCCOc1ccccc1)c1ccc(S(=O)(=O)N2CCOCC2)cc1. The fourth-order valence-electron chi connectivity index (χ4n) is 2.59. The fraction of sp³-hybridized carbons (Fsp3) is 0.316. The quantitative estimate of drug-likeness (QED) is 0.530. The summed E-state index contributed by atoms with van der Waals surface area (Å²) in [6.45, 7) is 1.76. The van der Waals surface area contributed by atoms with E-state index in [1.54, 1.807) is 0 Å². The molecule has 8 heteroatoms. The molecule has 1 fully saturated rings. The molecule has 0 spiro atoms. The van der Waals surface area contributed by atoms with Crippen molar-refractivity contribution in [2.45, 2.75) is 4.90 Å². The molecule has 0 saturated carbocycles. The lowest BCUT2D eigenvalue weighted by molar-refractivity contribution is 0.0450. The number of sulfonamides is 1. The Morgan fingerprint density at radius 2 is 1.63 bits per heavy atom. The molecule has 7 nitrogen and oxygen atoms in total. The summed E-state index contributed by atoms with van der Waals surface area (Å²) in [5.74, 6) is 0.174. The van der Waals surface area contributed by atoms with E-state index in [1.807, 2.05) is 30.3 Å². The lowest BCUT2D eigenvalue weighted by atomic mass is 10.2. The molecular formula is C19H21NO6S. The number of carbonyl (C=O) groups excluding carboxylic acids is 1. The summed E-state index contributed by atoms with van der Waals surface area (Å²) in [6.07, 6.45) is 0. The van der Waals surface area contributed by atoms with Crippen LogP contribution < -0.4 is 4.74 Å². The van der Waals surface area contributed by atoms with Crippen LogP contribution in [-0.2, 0) is 19.5 Å². The van der Waals surface area contributed by atoms with Gasteiger partial charge in [-0.3, -0.25) is 0 Å². The first-order valence-corrected chi connectivity index (χ1v) is 10.0. The first-order chi connectivity index (χ1) is 13.1. The second-order valence-electron chi connectivity index (χ2n) is 5.84. The van der Waals surface area contributed by atoms with Gasteiger partial charge in [-0.2, -0.15) is 4.31 Å². The van der Waals surface area contributed by atoms with Crippen molar-refractivity contribution in [3.8, 4) is 5.75 Å². The zero-order valence-corrected chi connectivity index (χ0v) is 15.6. The third-order valence-corrected chi connectivity index (χ3v) is 5.94. The number of hydrogen-bond donors (Lipinski definition) is 0. The van der Waals surface area contributed by atoms with Crippen LogP contribution in [0.15, 0.2) is 59.5 Å². The van der Waals surface area contributed by atoms with Gasteiger partial charge in [0, 0.05) is 13.1 Å². The highest BCUT2D eigenvalue weighted by Gasteiger charge is 2.26. The Morgan fingerprint density at radius 1 is 0.963 bits per heavy atom. The van der Waals surface area contributed by atoms with Crippen LogP contribution in [0.5, 0.6) is 5.75 Å². The first-order valence-electron chi connectivity index (χ1n) is 8.60. The Kier molecular flexibility index (Phi) is 6.44. The van der Waals surface area contributed by atoms with Crippen molar-refractivity contribution in [3.05, 3.63) is 60.2 Å². The summed E-state index contributed by atoms with van der Waals surface area (Å²) in [5.41, 5.74) is 0.288. The number of carbonyl (C=O) groups is 1. The van der Waals surface area contributed by atoms with Crippen molar-refractivity contribution >= 4 is 16.0 Å². The van der Waals surface area contributed by atoms with Crippen LogP contribution in [0, 0.1) is 0 Å². The van der Waals surface area contributed by atoms with Gasteiger partial charge in [0.15, 0.2) is 0 Å². The minimum absolute atomic E-state index is 0.0988. The molecule has 0 aliphatic carbocycles. The summed E-state index contributed by atoms with van der Waals surface area (Å²) < 4.78 is 42.3. The van der Waals surface area contributed by atoms with Crippen LogP contribution in [-0.4, -0.2) is 58.2 Å². The lowest BCUT2D eigenvalue weighted by Crippen LogP contribution is -2.40. The second kappa shape index (κ2) is 8.98. The molecule has 0 unspecified atom stereocenters. The lowest BCUT2D eigenvalue weighted by Gasteiger charge is -2.26. The maximum Gasteiger partial charge on any atom is 0.338 e. The predicted octanol–water partition coefficient (Wildman–Crippen LogP) is 1.94. The molecule has 0 bridgehead atoms. The molecule has 1 aliphatic heterocycles. The van der Waals surface area contributed by atoms with Gasteiger partial charge >= 0.3 is 5.97 Å². The fourth-order valence-corrected chi connectivity index (χ4v) is 4.00. The molecule has 2 aromatic carbocycles. The van der Waals surface area contributed by atoms with Gasteiger partial charge in [-0.1, -0.05) is 18.2 Å². The van der Waals surface area contributed by atoms with Crippen molar-refractivity contribution < 1.29 is 27.4 Å². The minimum Gasteiger partial charge on any atom is -0.490 e. The predicted molar refractivity (Wildman–Crippen MR) is 98.2 cm³/mol. The van der Waals surface area contributed by atoms with E-state index in [4.69, 9.17) is 14.2 Å². The Hall–Kier alpha value is -2.42. The zero-order chi connectivity index (χ0) is 19.1. The Balaban J connectivity index is 1.52. The second-order valence-corrected chi connectivity index (χ2v) is 7.78. The zero-order valence-electron chi connectivity index (χ0n) is 14.7. The number of esters is 1. The number of morpholine rings is 1. The van der Waals surface area contributed by atoms with E-state index in [1.165, 1.54) is 28.6 Å². The van der Waals surface area contributed by atoms with Gasteiger partial charge in [-0.25, -0.2) is 13.2 Å². The van der Waals surface area contributed by atoms with E-state index in [0.717, 1.165) is 0 Å².